The summed E-state index contributed by atoms with van der Waals surface area (Å²) in [7, 11) is 1.59. The Morgan fingerprint density at radius 1 is 1.06 bits per heavy atom. The molecule has 6 heteroatoms. The molecule has 3 aromatic carbocycles. The Morgan fingerprint density at radius 2 is 1.90 bits per heavy atom. The number of carbonyl (C=O) groups excluding carboxylic acids is 1. The first-order valence-electron chi connectivity index (χ1n) is 10.1. The zero-order chi connectivity index (χ0) is 21.8. The van der Waals surface area contributed by atoms with Gasteiger partial charge < -0.3 is 13.9 Å². The highest BCUT2D eigenvalue weighted by atomic mass is 16.5. The van der Waals surface area contributed by atoms with Crippen molar-refractivity contribution in [1.82, 2.24) is 5.43 Å². The van der Waals surface area contributed by atoms with Crippen molar-refractivity contribution in [2.45, 2.75) is 13.8 Å². The van der Waals surface area contributed by atoms with Crippen LogP contribution in [0.4, 0.5) is 0 Å². The van der Waals surface area contributed by atoms with Crippen molar-refractivity contribution >= 4 is 33.9 Å². The molecule has 31 heavy (non-hydrogen) atoms. The van der Waals surface area contributed by atoms with E-state index >= 15 is 0 Å². The summed E-state index contributed by atoms with van der Waals surface area (Å²) in [6.07, 6.45) is 1.55. The van der Waals surface area contributed by atoms with E-state index in [1.165, 1.54) is 0 Å². The van der Waals surface area contributed by atoms with Crippen LogP contribution in [0, 0.1) is 5.92 Å². The first-order chi connectivity index (χ1) is 15.0. The Labute approximate surface area is 180 Å². The number of methoxy groups -OCH3 is 1. The SMILES string of the molecule is COc1cc(C=NNC(=O)c2cc3c(ccc4ccccc43)o2)ccc1OCC(C)C. The lowest BCUT2D eigenvalue weighted by Crippen LogP contribution is -2.16. The van der Waals surface area contributed by atoms with Crippen LogP contribution in [-0.4, -0.2) is 25.8 Å². The summed E-state index contributed by atoms with van der Waals surface area (Å²) in [5.41, 5.74) is 3.94. The van der Waals surface area contributed by atoms with E-state index < -0.39 is 5.91 Å². The van der Waals surface area contributed by atoms with E-state index in [2.05, 4.69) is 24.4 Å². The predicted octanol–water partition coefficient (Wildman–Crippen LogP) is 5.39. The van der Waals surface area contributed by atoms with Crippen LogP contribution in [0.1, 0.15) is 30.0 Å². The van der Waals surface area contributed by atoms with Crippen molar-refractivity contribution in [3.8, 4) is 11.5 Å². The molecule has 0 radical (unpaired) electrons. The number of fused-ring (bicyclic) bond motifs is 3. The van der Waals surface area contributed by atoms with Gasteiger partial charge in [-0.15, -0.1) is 0 Å². The molecule has 0 aliphatic carbocycles. The minimum absolute atomic E-state index is 0.207. The van der Waals surface area contributed by atoms with Gasteiger partial charge in [0.25, 0.3) is 0 Å². The van der Waals surface area contributed by atoms with Crippen LogP contribution < -0.4 is 14.9 Å². The van der Waals surface area contributed by atoms with Crippen LogP contribution in [-0.2, 0) is 0 Å². The fourth-order valence-electron chi connectivity index (χ4n) is 3.27. The number of furan rings is 1. The number of rotatable bonds is 7. The molecular weight excluding hydrogens is 392 g/mol. The van der Waals surface area contributed by atoms with E-state index in [-0.39, 0.29) is 5.76 Å². The third-order valence-corrected chi connectivity index (χ3v) is 4.79. The van der Waals surface area contributed by atoms with Crippen molar-refractivity contribution in [3.05, 3.63) is 72.0 Å². The summed E-state index contributed by atoms with van der Waals surface area (Å²) in [6, 6.07) is 19.0. The van der Waals surface area contributed by atoms with Crippen LogP contribution >= 0.6 is 0 Å². The second kappa shape index (κ2) is 8.92. The highest BCUT2D eigenvalue weighted by molar-refractivity contribution is 6.08. The number of amides is 1. The molecular formula is C25H24N2O4. The Kier molecular flexibility index (Phi) is 5.89. The molecule has 1 heterocycles. The monoisotopic (exact) mass is 416 g/mol. The minimum Gasteiger partial charge on any atom is -0.493 e. The molecule has 0 fully saturated rings. The van der Waals surface area contributed by atoms with Gasteiger partial charge in [0, 0.05) is 5.39 Å². The minimum atomic E-state index is -0.416. The average molecular weight is 416 g/mol. The molecule has 6 nitrogen and oxygen atoms in total. The largest absolute Gasteiger partial charge is 0.493 e. The van der Waals surface area contributed by atoms with Crippen LogP contribution in [0.25, 0.3) is 21.7 Å². The lowest BCUT2D eigenvalue weighted by atomic mass is 10.1. The van der Waals surface area contributed by atoms with Crippen molar-refractivity contribution in [2.75, 3.05) is 13.7 Å². The van der Waals surface area contributed by atoms with Gasteiger partial charge in [0.05, 0.1) is 19.9 Å². The molecule has 0 saturated carbocycles. The van der Waals surface area contributed by atoms with Gasteiger partial charge in [0.1, 0.15) is 5.58 Å². The topological polar surface area (TPSA) is 73.1 Å². The highest BCUT2D eigenvalue weighted by Crippen LogP contribution is 2.29. The molecule has 0 aliphatic heterocycles. The Balaban J connectivity index is 1.47. The van der Waals surface area contributed by atoms with Gasteiger partial charge in [0.15, 0.2) is 17.3 Å². The molecule has 1 aromatic heterocycles. The van der Waals surface area contributed by atoms with Crippen LogP contribution in [0.5, 0.6) is 11.5 Å². The first kappa shape index (κ1) is 20.5. The lowest BCUT2D eigenvalue weighted by molar-refractivity contribution is 0.0929. The maximum Gasteiger partial charge on any atom is 0.307 e. The molecule has 0 bridgehead atoms. The molecule has 1 amide bonds. The molecule has 158 valence electrons. The summed E-state index contributed by atoms with van der Waals surface area (Å²) < 4.78 is 16.9. The predicted molar refractivity (Wildman–Crippen MR) is 122 cm³/mol. The van der Waals surface area contributed by atoms with Gasteiger partial charge in [0.2, 0.25) is 0 Å². The van der Waals surface area contributed by atoms with Crippen LogP contribution in [0.3, 0.4) is 0 Å². The molecule has 4 aromatic rings. The van der Waals surface area contributed by atoms with Gasteiger partial charge in [-0.2, -0.15) is 5.10 Å². The molecule has 0 unspecified atom stereocenters. The number of hydrogen-bond donors (Lipinski definition) is 1. The van der Waals surface area contributed by atoms with Crippen LogP contribution in [0.2, 0.25) is 0 Å². The van der Waals surface area contributed by atoms with Gasteiger partial charge in [-0.25, -0.2) is 5.43 Å². The molecule has 4 rings (SSSR count). The fraction of sp³-hybridized carbons (Fsp3) is 0.200. The highest BCUT2D eigenvalue weighted by Gasteiger charge is 2.13. The quantitative estimate of drug-likeness (QED) is 0.324. The molecule has 1 N–H and O–H groups in total. The van der Waals surface area contributed by atoms with Crippen molar-refractivity contribution in [3.63, 3.8) is 0 Å². The third-order valence-electron chi connectivity index (χ3n) is 4.79. The Morgan fingerprint density at radius 3 is 2.71 bits per heavy atom. The standard InChI is InChI=1S/C25H24N2O4/c1-16(2)15-30-22-10-8-17(12-23(22)29-3)14-26-27-25(28)24-13-20-19-7-5-4-6-18(19)9-11-21(20)31-24/h4-14,16H,15H2,1-3H3,(H,27,28). The Hall–Kier alpha value is -3.80. The average Bonchev–Trinajstić information content (AvgIpc) is 3.23. The number of hydrogen-bond acceptors (Lipinski definition) is 5. The van der Waals surface area contributed by atoms with Gasteiger partial charge in [-0.05, 0) is 52.6 Å². The molecule has 0 saturated heterocycles. The van der Waals surface area contributed by atoms with E-state index in [4.69, 9.17) is 13.9 Å². The summed E-state index contributed by atoms with van der Waals surface area (Å²) in [4.78, 5) is 12.5. The van der Waals surface area contributed by atoms with Crippen molar-refractivity contribution < 1.29 is 18.7 Å². The second-order valence-corrected chi connectivity index (χ2v) is 7.62. The zero-order valence-electron chi connectivity index (χ0n) is 17.7. The van der Waals surface area contributed by atoms with E-state index in [0.717, 1.165) is 21.7 Å². The van der Waals surface area contributed by atoms with E-state index in [1.807, 2.05) is 48.5 Å². The van der Waals surface area contributed by atoms with E-state index in [1.54, 1.807) is 25.5 Å². The number of carbonyl (C=O) groups is 1. The number of nitrogens with zero attached hydrogens (tertiary/aromatic N) is 1. The molecule has 0 aliphatic rings. The van der Waals surface area contributed by atoms with Crippen LogP contribution in [0.15, 0.2) is 70.2 Å². The van der Waals surface area contributed by atoms with E-state index in [0.29, 0.717) is 29.6 Å². The summed E-state index contributed by atoms with van der Waals surface area (Å²) in [5.74, 6) is 1.49. The van der Waals surface area contributed by atoms with Crippen molar-refractivity contribution in [2.24, 2.45) is 11.0 Å². The molecule has 0 atom stereocenters. The van der Waals surface area contributed by atoms with Crippen molar-refractivity contribution in [1.29, 1.82) is 0 Å². The summed E-state index contributed by atoms with van der Waals surface area (Å²) in [5, 5.41) is 7.08. The van der Waals surface area contributed by atoms with E-state index in [9.17, 15) is 4.79 Å². The number of benzene rings is 3. The maximum atomic E-state index is 12.5. The van der Waals surface area contributed by atoms with Gasteiger partial charge in [-0.1, -0.05) is 44.2 Å². The summed E-state index contributed by atoms with van der Waals surface area (Å²) in [6.45, 7) is 4.77. The Bertz CT molecular complexity index is 1260. The summed E-state index contributed by atoms with van der Waals surface area (Å²) >= 11 is 0. The lowest BCUT2D eigenvalue weighted by Gasteiger charge is -2.12. The zero-order valence-corrected chi connectivity index (χ0v) is 17.7. The number of hydrazone groups is 1. The fourth-order valence-corrected chi connectivity index (χ4v) is 3.27. The number of ether oxygens (including phenoxy) is 2. The maximum absolute atomic E-state index is 12.5. The smallest absolute Gasteiger partial charge is 0.307 e. The van der Waals surface area contributed by atoms with Gasteiger partial charge >= 0.3 is 5.91 Å². The molecule has 0 spiro atoms. The second-order valence-electron chi connectivity index (χ2n) is 7.62. The number of nitrogens with one attached hydrogen (secondary N) is 1. The normalized spacial score (nSPS) is 11.5. The van der Waals surface area contributed by atoms with Gasteiger partial charge in [-0.3, -0.25) is 4.79 Å². The third kappa shape index (κ3) is 4.53. The first-order valence-corrected chi connectivity index (χ1v) is 10.1.